The first kappa shape index (κ1) is 9.59. The van der Waals surface area contributed by atoms with Gasteiger partial charge in [0.05, 0.1) is 11.4 Å². The molecule has 0 aliphatic heterocycles. The minimum Gasteiger partial charge on any atom is -0.397 e. The average Bonchev–Trinajstić information content (AvgIpc) is 2.23. The van der Waals surface area contributed by atoms with E-state index in [1.807, 2.05) is 18.2 Å². The highest BCUT2D eigenvalue weighted by Crippen LogP contribution is 2.25. The Bertz CT molecular complexity index is 472. The maximum Gasteiger partial charge on any atom is 0.0554 e. The number of nitrogen functional groups attached to an aromatic ring is 2. The molecule has 0 bridgehead atoms. The van der Waals surface area contributed by atoms with E-state index in [9.17, 15) is 0 Å². The molecule has 0 radical (unpaired) electrons. The number of hydrogen-bond donors (Lipinski definition) is 2. The molecule has 2 heteroatoms. The van der Waals surface area contributed by atoms with Gasteiger partial charge < -0.3 is 11.5 Å². The Morgan fingerprint density at radius 3 is 1.93 bits per heavy atom. The first-order chi connectivity index (χ1) is 7.16. The predicted octanol–water partition coefficient (Wildman–Crippen LogP) is 2.83. The molecule has 0 saturated carbocycles. The van der Waals surface area contributed by atoms with Crippen LogP contribution in [0.1, 0.15) is 5.56 Å². The number of aryl methyl sites for hydroxylation is 1. The summed E-state index contributed by atoms with van der Waals surface area (Å²) in [7, 11) is 0. The minimum atomic E-state index is 0.630. The largest absolute Gasteiger partial charge is 0.397 e. The van der Waals surface area contributed by atoms with E-state index in [1.165, 1.54) is 5.56 Å². The van der Waals surface area contributed by atoms with Gasteiger partial charge >= 0.3 is 0 Å². The summed E-state index contributed by atoms with van der Waals surface area (Å²) in [6, 6.07) is 14.1. The van der Waals surface area contributed by atoms with Crippen molar-refractivity contribution in [2.24, 2.45) is 0 Å². The zero-order valence-electron chi connectivity index (χ0n) is 8.70. The quantitative estimate of drug-likeness (QED) is 0.692. The molecule has 4 N–H and O–H groups in total. The second kappa shape index (κ2) is 3.65. The minimum absolute atomic E-state index is 0.630. The molecule has 0 atom stereocenters. The van der Waals surface area contributed by atoms with E-state index >= 15 is 0 Å². The number of benzene rings is 2. The van der Waals surface area contributed by atoms with Gasteiger partial charge in [-0.25, -0.2) is 0 Å². The fraction of sp³-hybridized carbons (Fsp3) is 0.0769. The molecule has 2 aromatic carbocycles. The van der Waals surface area contributed by atoms with Crippen LogP contribution in [0.15, 0.2) is 42.5 Å². The van der Waals surface area contributed by atoms with Crippen molar-refractivity contribution < 1.29 is 0 Å². The summed E-state index contributed by atoms with van der Waals surface area (Å²) in [5.74, 6) is 0. The van der Waals surface area contributed by atoms with Gasteiger partial charge in [0, 0.05) is 0 Å². The van der Waals surface area contributed by atoms with Crippen LogP contribution in [-0.2, 0) is 0 Å². The Morgan fingerprint density at radius 2 is 1.33 bits per heavy atom. The lowest BCUT2D eigenvalue weighted by Gasteiger charge is -2.05. The second-order valence-corrected chi connectivity index (χ2v) is 3.71. The van der Waals surface area contributed by atoms with Crippen molar-refractivity contribution in [3.8, 4) is 11.1 Å². The molecule has 0 aliphatic carbocycles. The average molecular weight is 198 g/mol. The third-order valence-corrected chi connectivity index (χ3v) is 2.47. The van der Waals surface area contributed by atoms with Crippen LogP contribution >= 0.6 is 0 Å². The normalized spacial score (nSPS) is 10.2. The summed E-state index contributed by atoms with van der Waals surface area (Å²) in [6.45, 7) is 2.07. The van der Waals surface area contributed by atoms with E-state index < -0.39 is 0 Å². The first-order valence-electron chi connectivity index (χ1n) is 4.89. The van der Waals surface area contributed by atoms with Gasteiger partial charge in [0.2, 0.25) is 0 Å². The number of rotatable bonds is 1. The molecule has 0 heterocycles. The third kappa shape index (κ3) is 1.94. The standard InChI is InChI=1S/C13H14N2/c1-9-2-4-10(5-3-9)11-6-7-12(14)13(15)8-11/h2-8H,14-15H2,1H3. The van der Waals surface area contributed by atoms with Gasteiger partial charge in [0.15, 0.2) is 0 Å². The molecule has 0 saturated heterocycles. The van der Waals surface area contributed by atoms with Crippen LogP contribution in [0.25, 0.3) is 11.1 Å². The lowest BCUT2D eigenvalue weighted by molar-refractivity contribution is 1.47. The van der Waals surface area contributed by atoms with Crippen LogP contribution < -0.4 is 11.5 Å². The summed E-state index contributed by atoms with van der Waals surface area (Å²) < 4.78 is 0. The number of nitrogens with two attached hydrogens (primary N) is 2. The Labute approximate surface area is 89.5 Å². The fourth-order valence-electron chi connectivity index (χ4n) is 1.50. The van der Waals surface area contributed by atoms with Gasteiger partial charge in [-0.05, 0) is 30.2 Å². The molecule has 0 spiro atoms. The molecule has 2 aromatic rings. The van der Waals surface area contributed by atoms with Crippen molar-refractivity contribution in [1.29, 1.82) is 0 Å². The monoisotopic (exact) mass is 198 g/mol. The molecule has 0 amide bonds. The van der Waals surface area contributed by atoms with Crippen molar-refractivity contribution in [2.45, 2.75) is 6.92 Å². The Balaban J connectivity index is 2.45. The van der Waals surface area contributed by atoms with E-state index in [0.29, 0.717) is 11.4 Å². The number of anilines is 2. The van der Waals surface area contributed by atoms with Gasteiger partial charge in [-0.2, -0.15) is 0 Å². The summed E-state index contributed by atoms with van der Waals surface area (Å²) in [4.78, 5) is 0. The molecule has 2 rings (SSSR count). The molecule has 15 heavy (non-hydrogen) atoms. The molecule has 0 aliphatic rings. The summed E-state index contributed by atoms with van der Waals surface area (Å²) >= 11 is 0. The third-order valence-electron chi connectivity index (χ3n) is 2.47. The van der Waals surface area contributed by atoms with Crippen LogP contribution in [0.5, 0.6) is 0 Å². The van der Waals surface area contributed by atoms with E-state index in [-0.39, 0.29) is 0 Å². The zero-order valence-corrected chi connectivity index (χ0v) is 8.70. The van der Waals surface area contributed by atoms with Gasteiger partial charge in [-0.15, -0.1) is 0 Å². The van der Waals surface area contributed by atoms with E-state index in [1.54, 1.807) is 0 Å². The molecule has 0 fully saturated rings. The topological polar surface area (TPSA) is 52.0 Å². The highest BCUT2D eigenvalue weighted by Gasteiger charge is 1.99. The van der Waals surface area contributed by atoms with Crippen molar-refractivity contribution in [2.75, 3.05) is 11.5 Å². The van der Waals surface area contributed by atoms with E-state index in [0.717, 1.165) is 11.1 Å². The SMILES string of the molecule is Cc1ccc(-c2ccc(N)c(N)c2)cc1. The van der Waals surface area contributed by atoms with Crippen LogP contribution in [0.3, 0.4) is 0 Å². The lowest BCUT2D eigenvalue weighted by atomic mass is 10.0. The lowest BCUT2D eigenvalue weighted by Crippen LogP contribution is -1.94. The summed E-state index contributed by atoms with van der Waals surface area (Å²) in [6.07, 6.45) is 0. The van der Waals surface area contributed by atoms with Gasteiger partial charge in [0.1, 0.15) is 0 Å². The molecular formula is C13H14N2. The van der Waals surface area contributed by atoms with Crippen LogP contribution in [0, 0.1) is 6.92 Å². The molecule has 0 aromatic heterocycles. The Kier molecular flexibility index (Phi) is 2.34. The summed E-state index contributed by atoms with van der Waals surface area (Å²) in [5.41, 5.74) is 16.2. The Hall–Kier alpha value is -1.96. The predicted molar refractivity (Wildman–Crippen MR) is 65.4 cm³/mol. The van der Waals surface area contributed by atoms with Crippen LogP contribution in [0.2, 0.25) is 0 Å². The fourth-order valence-corrected chi connectivity index (χ4v) is 1.50. The van der Waals surface area contributed by atoms with Crippen molar-refractivity contribution >= 4 is 11.4 Å². The van der Waals surface area contributed by atoms with Crippen LogP contribution in [0.4, 0.5) is 11.4 Å². The van der Waals surface area contributed by atoms with Gasteiger partial charge in [0.25, 0.3) is 0 Å². The maximum atomic E-state index is 5.76. The summed E-state index contributed by atoms with van der Waals surface area (Å²) in [5, 5.41) is 0. The van der Waals surface area contributed by atoms with Crippen molar-refractivity contribution in [1.82, 2.24) is 0 Å². The number of hydrogen-bond acceptors (Lipinski definition) is 2. The zero-order chi connectivity index (χ0) is 10.8. The molecule has 0 unspecified atom stereocenters. The van der Waals surface area contributed by atoms with Gasteiger partial charge in [-0.1, -0.05) is 35.9 Å². The van der Waals surface area contributed by atoms with Gasteiger partial charge in [-0.3, -0.25) is 0 Å². The highest BCUT2D eigenvalue weighted by atomic mass is 14.7. The maximum absolute atomic E-state index is 5.76. The smallest absolute Gasteiger partial charge is 0.0554 e. The van der Waals surface area contributed by atoms with E-state index in [4.69, 9.17) is 11.5 Å². The highest BCUT2D eigenvalue weighted by molar-refractivity contribution is 5.74. The second-order valence-electron chi connectivity index (χ2n) is 3.71. The van der Waals surface area contributed by atoms with Crippen molar-refractivity contribution in [3.05, 3.63) is 48.0 Å². The van der Waals surface area contributed by atoms with E-state index in [2.05, 4.69) is 31.2 Å². The Morgan fingerprint density at radius 1 is 0.733 bits per heavy atom. The molecule has 76 valence electrons. The van der Waals surface area contributed by atoms with Crippen molar-refractivity contribution in [3.63, 3.8) is 0 Å². The molecule has 2 nitrogen and oxygen atoms in total. The first-order valence-corrected chi connectivity index (χ1v) is 4.89. The molecular weight excluding hydrogens is 184 g/mol. The van der Waals surface area contributed by atoms with Crippen LogP contribution in [-0.4, -0.2) is 0 Å².